The average Bonchev–Trinajstić information content (AvgIpc) is 3.52. The van der Waals surface area contributed by atoms with Crippen LogP contribution in [0.2, 0.25) is 5.02 Å². The highest BCUT2D eigenvalue weighted by atomic mass is 35.5. The van der Waals surface area contributed by atoms with Crippen molar-refractivity contribution in [3.63, 3.8) is 0 Å². The molecule has 1 aliphatic carbocycles. The van der Waals surface area contributed by atoms with Crippen LogP contribution in [0.25, 0.3) is 0 Å². The third kappa shape index (κ3) is 4.22. The lowest BCUT2D eigenvalue weighted by molar-refractivity contribution is -0.134. The standard InChI is InChI=1S/C22H24ClNO3/c1-15(17-4-6-18(23)7-5-17)24(19-8-9-19)22(25)11-3-16-2-10-20-21(14-16)27-13-12-26-20/h2,4-7,10,14-15,19H,3,8-9,11-13H2,1H3. The van der Waals surface area contributed by atoms with Crippen molar-refractivity contribution in [3.05, 3.63) is 58.6 Å². The molecule has 4 nitrogen and oxygen atoms in total. The van der Waals surface area contributed by atoms with E-state index >= 15 is 0 Å². The second kappa shape index (κ2) is 7.81. The van der Waals surface area contributed by atoms with Gasteiger partial charge < -0.3 is 14.4 Å². The number of carbonyl (C=O) groups is 1. The van der Waals surface area contributed by atoms with Gasteiger partial charge in [0.05, 0.1) is 6.04 Å². The Morgan fingerprint density at radius 1 is 1.11 bits per heavy atom. The number of aryl methyl sites for hydroxylation is 1. The van der Waals surface area contributed by atoms with E-state index in [-0.39, 0.29) is 11.9 Å². The maximum Gasteiger partial charge on any atom is 0.223 e. The van der Waals surface area contributed by atoms with Crippen LogP contribution >= 0.6 is 11.6 Å². The zero-order valence-electron chi connectivity index (χ0n) is 15.5. The van der Waals surface area contributed by atoms with E-state index in [0.717, 1.165) is 35.5 Å². The molecule has 142 valence electrons. The highest BCUT2D eigenvalue weighted by molar-refractivity contribution is 6.30. The van der Waals surface area contributed by atoms with Gasteiger partial charge in [-0.25, -0.2) is 0 Å². The molecule has 2 aromatic rings. The summed E-state index contributed by atoms with van der Waals surface area (Å²) >= 11 is 6.00. The third-order valence-corrected chi connectivity index (χ3v) is 5.48. The summed E-state index contributed by atoms with van der Waals surface area (Å²) < 4.78 is 11.2. The summed E-state index contributed by atoms with van der Waals surface area (Å²) in [5.74, 6) is 1.77. The Morgan fingerprint density at radius 2 is 1.81 bits per heavy atom. The van der Waals surface area contributed by atoms with Crippen LogP contribution in [0.5, 0.6) is 11.5 Å². The van der Waals surface area contributed by atoms with Gasteiger partial charge in [-0.1, -0.05) is 29.8 Å². The molecular formula is C22H24ClNO3. The lowest BCUT2D eigenvalue weighted by Gasteiger charge is -2.30. The Labute approximate surface area is 165 Å². The van der Waals surface area contributed by atoms with Gasteiger partial charge in [0.15, 0.2) is 11.5 Å². The minimum atomic E-state index is 0.0579. The Kier molecular flexibility index (Phi) is 5.26. The van der Waals surface area contributed by atoms with Crippen molar-refractivity contribution in [3.8, 4) is 11.5 Å². The Balaban J connectivity index is 1.43. The third-order valence-electron chi connectivity index (χ3n) is 5.23. The van der Waals surface area contributed by atoms with Crippen LogP contribution in [-0.4, -0.2) is 30.1 Å². The van der Waals surface area contributed by atoms with Crippen molar-refractivity contribution in [1.29, 1.82) is 0 Å². The monoisotopic (exact) mass is 385 g/mol. The van der Waals surface area contributed by atoms with Crippen molar-refractivity contribution in [2.75, 3.05) is 13.2 Å². The van der Waals surface area contributed by atoms with Gasteiger partial charge in [-0.15, -0.1) is 0 Å². The second-order valence-corrected chi connectivity index (χ2v) is 7.67. The molecular weight excluding hydrogens is 362 g/mol. The summed E-state index contributed by atoms with van der Waals surface area (Å²) in [7, 11) is 0. The number of fused-ring (bicyclic) bond motifs is 1. The molecule has 2 aromatic carbocycles. The summed E-state index contributed by atoms with van der Waals surface area (Å²) in [4.78, 5) is 15.1. The second-order valence-electron chi connectivity index (χ2n) is 7.24. The Hall–Kier alpha value is -2.20. The molecule has 0 spiro atoms. The molecule has 2 aliphatic rings. The van der Waals surface area contributed by atoms with Gasteiger partial charge in [-0.3, -0.25) is 4.79 Å². The molecule has 27 heavy (non-hydrogen) atoms. The summed E-state index contributed by atoms with van der Waals surface area (Å²) in [5, 5.41) is 0.717. The zero-order chi connectivity index (χ0) is 18.8. The van der Waals surface area contributed by atoms with Crippen molar-refractivity contribution < 1.29 is 14.3 Å². The summed E-state index contributed by atoms with van der Waals surface area (Å²) in [6.45, 7) is 3.26. The predicted octanol–water partition coefficient (Wildman–Crippen LogP) is 4.80. The number of amides is 1. The van der Waals surface area contributed by atoms with Gasteiger partial charge in [-0.05, 0) is 61.6 Å². The first-order valence-corrected chi connectivity index (χ1v) is 9.95. The maximum absolute atomic E-state index is 13.0. The number of ether oxygens (including phenoxy) is 2. The fraction of sp³-hybridized carbons (Fsp3) is 0.409. The van der Waals surface area contributed by atoms with Crippen LogP contribution < -0.4 is 9.47 Å². The lowest BCUT2D eigenvalue weighted by atomic mass is 10.0. The molecule has 1 unspecified atom stereocenters. The first-order valence-electron chi connectivity index (χ1n) is 9.57. The molecule has 5 heteroatoms. The highest BCUT2D eigenvalue weighted by Gasteiger charge is 2.35. The molecule has 1 heterocycles. The predicted molar refractivity (Wildman–Crippen MR) is 105 cm³/mol. The first-order chi connectivity index (χ1) is 13.1. The first kappa shape index (κ1) is 18.2. The van der Waals surface area contributed by atoms with E-state index in [1.165, 1.54) is 0 Å². The molecule has 0 radical (unpaired) electrons. The summed E-state index contributed by atoms with van der Waals surface area (Å²) in [6.07, 6.45) is 3.38. The molecule has 1 saturated carbocycles. The SMILES string of the molecule is CC(c1ccc(Cl)cc1)N(C(=O)CCc1ccc2c(c1)OCCO2)C1CC1. The van der Waals surface area contributed by atoms with Crippen molar-refractivity contribution in [2.45, 2.75) is 44.7 Å². The van der Waals surface area contributed by atoms with E-state index in [1.807, 2.05) is 42.5 Å². The van der Waals surface area contributed by atoms with E-state index in [4.69, 9.17) is 21.1 Å². The zero-order valence-corrected chi connectivity index (χ0v) is 16.2. The summed E-state index contributed by atoms with van der Waals surface area (Å²) in [5.41, 5.74) is 2.22. The molecule has 1 atom stereocenters. The van der Waals surface area contributed by atoms with Gasteiger partial charge in [0.2, 0.25) is 5.91 Å². The van der Waals surface area contributed by atoms with Gasteiger partial charge in [0.1, 0.15) is 13.2 Å². The average molecular weight is 386 g/mol. The molecule has 4 rings (SSSR count). The number of hydrogen-bond acceptors (Lipinski definition) is 3. The van der Waals surface area contributed by atoms with Gasteiger partial charge in [0, 0.05) is 17.5 Å². The van der Waals surface area contributed by atoms with Crippen LogP contribution in [0, 0.1) is 0 Å². The summed E-state index contributed by atoms with van der Waals surface area (Å²) in [6, 6.07) is 14.2. The van der Waals surface area contributed by atoms with E-state index in [0.29, 0.717) is 37.1 Å². The van der Waals surface area contributed by atoms with Crippen LogP contribution in [0.1, 0.15) is 43.4 Å². The smallest absolute Gasteiger partial charge is 0.223 e. The van der Waals surface area contributed by atoms with Crippen molar-refractivity contribution in [1.82, 2.24) is 4.90 Å². The largest absolute Gasteiger partial charge is 0.486 e. The topological polar surface area (TPSA) is 38.8 Å². The van der Waals surface area contributed by atoms with E-state index in [9.17, 15) is 4.79 Å². The maximum atomic E-state index is 13.0. The minimum Gasteiger partial charge on any atom is -0.486 e. The Bertz CT molecular complexity index is 817. The minimum absolute atomic E-state index is 0.0579. The lowest BCUT2D eigenvalue weighted by Crippen LogP contribution is -2.35. The number of nitrogens with zero attached hydrogens (tertiary/aromatic N) is 1. The number of carbonyl (C=O) groups excluding carboxylic acids is 1. The van der Waals surface area contributed by atoms with Gasteiger partial charge in [0.25, 0.3) is 0 Å². The van der Waals surface area contributed by atoms with Crippen molar-refractivity contribution >= 4 is 17.5 Å². The van der Waals surface area contributed by atoms with Crippen LogP contribution in [0.15, 0.2) is 42.5 Å². The molecule has 1 aliphatic heterocycles. The number of hydrogen-bond donors (Lipinski definition) is 0. The van der Waals surface area contributed by atoms with Crippen LogP contribution in [-0.2, 0) is 11.2 Å². The molecule has 1 amide bonds. The molecule has 0 aromatic heterocycles. The quantitative estimate of drug-likeness (QED) is 0.717. The number of benzene rings is 2. The van der Waals surface area contributed by atoms with Crippen LogP contribution in [0.3, 0.4) is 0 Å². The molecule has 0 bridgehead atoms. The van der Waals surface area contributed by atoms with Gasteiger partial charge >= 0.3 is 0 Å². The fourth-order valence-corrected chi connectivity index (χ4v) is 3.74. The molecule has 0 N–H and O–H groups in total. The number of halogens is 1. The molecule has 0 saturated heterocycles. The fourth-order valence-electron chi connectivity index (χ4n) is 3.61. The van der Waals surface area contributed by atoms with E-state index < -0.39 is 0 Å². The molecule has 1 fully saturated rings. The highest BCUT2D eigenvalue weighted by Crippen LogP contribution is 2.36. The van der Waals surface area contributed by atoms with Crippen molar-refractivity contribution in [2.24, 2.45) is 0 Å². The van der Waals surface area contributed by atoms with E-state index in [1.54, 1.807) is 0 Å². The Morgan fingerprint density at radius 3 is 2.52 bits per heavy atom. The van der Waals surface area contributed by atoms with Crippen LogP contribution in [0.4, 0.5) is 0 Å². The normalized spacial score (nSPS) is 16.7. The van der Waals surface area contributed by atoms with E-state index in [2.05, 4.69) is 11.8 Å². The number of rotatable bonds is 6. The van der Waals surface area contributed by atoms with Gasteiger partial charge in [-0.2, -0.15) is 0 Å².